The number of nitrogens with one attached hydrogen (secondary N) is 1. The number of amides is 1. The van der Waals surface area contributed by atoms with E-state index in [-0.39, 0.29) is 33.6 Å². The summed E-state index contributed by atoms with van der Waals surface area (Å²) in [4.78, 5) is 42.2. The third kappa shape index (κ3) is 6.71. The fraction of sp³-hybridized carbons (Fsp3) is 0.394. The van der Waals surface area contributed by atoms with Gasteiger partial charge in [0.1, 0.15) is 17.8 Å². The number of halogens is 1. The molecule has 0 aliphatic heterocycles. The van der Waals surface area contributed by atoms with Crippen LogP contribution in [0.1, 0.15) is 74.2 Å². The minimum Gasteiger partial charge on any atom is -0.421 e. The molecule has 7 rings (SSSR count). The summed E-state index contributed by atoms with van der Waals surface area (Å²) in [6.07, 6.45) is 10.8. The van der Waals surface area contributed by atoms with Gasteiger partial charge in [0, 0.05) is 29.4 Å². The highest BCUT2D eigenvalue weighted by atomic mass is 31.2. The number of pyridine rings is 2. The van der Waals surface area contributed by atoms with Crippen LogP contribution in [0.5, 0.6) is 0 Å². The number of phosphoric acid groups is 1. The molecule has 3 aliphatic carbocycles. The Morgan fingerprint density at radius 3 is 2.61 bits per heavy atom. The van der Waals surface area contributed by atoms with E-state index < -0.39 is 32.7 Å². The summed E-state index contributed by atoms with van der Waals surface area (Å²) in [6, 6.07) is 6.59. The first kappa shape index (κ1) is 34.0. The highest BCUT2D eigenvalue weighted by Gasteiger charge is 2.59. The van der Waals surface area contributed by atoms with Gasteiger partial charge in [-0.25, -0.2) is 23.5 Å². The Bertz CT molecular complexity index is 2080. The van der Waals surface area contributed by atoms with Gasteiger partial charge in [-0.2, -0.15) is 9.65 Å². The van der Waals surface area contributed by atoms with E-state index >= 15 is 0 Å². The minimum atomic E-state index is -5.02. The Morgan fingerprint density at radius 1 is 1.29 bits per heavy atom. The highest BCUT2D eigenvalue weighted by Crippen LogP contribution is 2.62. The fourth-order valence-electron chi connectivity index (χ4n) is 6.35. The van der Waals surface area contributed by atoms with E-state index in [2.05, 4.69) is 42.1 Å². The van der Waals surface area contributed by atoms with Crippen molar-refractivity contribution < 1.29 is 32.8 Å². The summed E-state index contributed by atoms with van der Waals surface area (Å²) >= 11 is 0. The summed E-state index contributed by atoms with van der Waals surface area (Å²) in [5.41, 5.74) is 1.93. The maximum atomic E-state index is 14.3. The molecular formula is C33H34FN8O6P. The van der Waals surface area contributed by atoms with Crippen molar-refractivity contribution in [2.75, 3.05) is 23.6 Å². The second-order valence-corrected chi connectivity index (χ2v) is 14.9. The second-order valence-electron chi connectivity index (χ2n) is 13.6. The Kier molecular flexibility index (Phi) is 8.67. The number of nitrogens with zero attached hydrogens (tertiary/aromatic N) is 7. The third-order valence-electron chi connectivity index (χ3n) is 8.83. The lowest BCUT2D eigenvalue weighted by atomic mass is 9.50. The number of terminal acetylenes is 1. The van der Waals surface area contributed by atoms with Gasteiger partial charge in [0.15, 0.2) is 0 Å². The first-order chi connectivity index (χ1) is 23.1. The lowest BCUT2D eigenvalue weighted by Crippen LogP contribution is -2.59. The monoisotopic (exact) mass is 688 g/mol. The molecule has 1 atom stereocenters. The zero-order valence-electron chi connectivity index (χ0n) is 27.2. The highest BCUT2D eigenvalue weighted by molar-refractivity contribution is 7.46. The number of hydrogen-bond acceptors (Lipinski definition) is 10. The first-order valence-electron chi connectivity index (χ1n) is 15.4. The first-order valence-corrected chi connectivity index (χ1v) is 16.9. The van der Waals surface area contributed by atoms with Gasteiger partial charge in [0.05, 0.1) is 39.8 Å². The van der Waals surface area contributed by atoms with Crippen molar-refractivity contribution in [2.24, 2.45) is 11.3 Å². The van der Waals surface area contributed by atoms with Gasteiger partial charge in [-0.15, -0.1) is 11.5 Å². The van der Waals surface area contributed by atoms with Gasteiger partial charge >= 0.3 is 13.9 Å². The number of aryl methyl sites for hydroxylation is 1. The van der Waals surface area contributed by atoms with Crippen LogP contribution in [0, 0.1) is 47.9 Å². The van der Waals surface area contributed by atoms with Crippen LogP contribution in [-0.2, 0) is 19.4 Å². The van der Waals surface area contributed by atoms with Gasteiger partial charge in [0.2, 0.25) is 12.7 Å². The summed E-state index contributed by atoms with van der Waals surface area (Å²) in [5, 5.41) is 23.0. The van der Waals surface area contributed by atoms with Crippen LogP contribution in [0.15, 0.2) is 36.7 Å². The molecule has 1 amide bonds. The molecule has 14 nitrogen and oxygen atoms in total. The molecule has 3 aliphatic rings. The molecule has 2 bridgehead atoms. The van der Waals surface area contributed by atoms with Crippen molar-refractivity contribution in [3.05, 3.63) is 70.7 Å². The fourth-order valence-corrected chi connectivity index (χ4v) is 6.54. The summed E-state index contributed by atoms with van der Waals surface area (Å²) in [6.45, 7) is 7.05. The van der Waals surface area contributed by atoms with Crippen molar-refractivity contribution in [1.29, 1.82) is 5.26 Å². The number of carbonyl (C=O) groups is 1. The molecule has 16 heteroatoms. The van der Waals surface area contributed by atoms with Crippen LogP contribution >= 0.6 is 7.82 Å². The number of phosphoric ester groups is 1. The number of benzene rings is 1. The van der Waals surface area contributed by atoms with Gasteiger partial charge in [0.25, 0.3) is 0 Å². The Morgan fingerprint density at radius 2 is 2.02 bits per heavy atom. The van der Waals surface area contributed by atoms with Gasteiger partial charge in [-0.1, -0.05) is 38.0 Å². The predicted molar refractivity (Wildman–Crippen MR) is 175 cm³/mol. The Balaban J connectivity index is 1.57. The average molecular weight is 689 g/mol. The molecule has 3 fully saturated rings. The zero-order chi connectivity index (χ0) is 35.3. The maximum absolute atomic E-state index is 14.3. The van der Waals surface area contributed by atoms with E-state index in [1.54, 1.807) is 23.9 Å². The van der Waals surface area contributed by atoms with Gasteiger partial charge in [-0.05, 0) is 55.7 Å². The molecule has 3 saturated carbocycles. The molecule has 0 spiro atoms. The molecule has 0 saturated heterocycles. The second kappa shape index (κ2) is 12.5. The predicted octanol–water partition coefficient (Wildman–Crippen LogP) is 5.29. The number of nitriles is 1. The van der Waals surface area contributed by atoms with Crippen LogP contribution in [0.25, 0.3) is 10.9 Å². The number of ether oxygens (including phenoxy) is 1. The number of fused-ring (bicyclic) bond motifs is 1. The van der Waals surface area contributed by atoms with Crippen LogP contribution in [0.3, 0.4) is 0 Å². The standard InChI is InChI=1S/C33H34FN8O6P/c1-6-21-15-36-29-22(14-35)9-23(10-25(29)28(21)37-17-32(3,4)5)42(31(43)47-18-48-49(44,45)46)30(24-7-8-27(34)38-19(24)2)26-16-41(40-39-26)33-11-20(12-33)13-33/h1,7-10,15-16,20,30H,11-13,17-18H2,2-5H3,(H,36,37)(H2,44,45,46)/t20?,30-,33?/m0/s1. The summed E-state index contributed by atoms with van der Waals surface area (Å²) in [5.74, 6) is 2.51. The molecule has 0 radical (unpaired) electrons. The largest absolute Gasteiger partial charge is 0.472 e. The van der Waals surface area contributed by atoms with E-state index in [1.807, 2.05) is 20.8 Å². The van der Waals surface area contributed by atoms with Crippen LogP contribution < -0.4 is 10.2 Å². The number of anilines is 2. The molecule has 1 aromatic carbocycles. The molecule has 49 heavy (non-hydrogen) atoms. The summed E-state index contributed by atoms with van der Waals surface area (Å²) in [7, 11) is -5.02. The van der Waals surface area contributed by atoms with Gasteiger partial charge < -0.3 is 19.8 Å². The molecular weight excluding hydrogens is 654 g/mol. The van der Waals surface area contributed by atoms with Crippen molar-refractivity contribution in [1.82, 2.24) is 25.0 Å². The SMILES string of the molecule is C#Cc1cnc2c(C#N)cc(N(C(=O)OCOP(=O)(O)O)[C@H](c3cn(C45CC(C4)C5)nn3)c3ccc(F)nc3C)cc2c1NCC(C)(C)C. The molecule has 0 unspecified atom stereocenters. The van der Waals surface area contributed by atoms with Crippen LogP contribution in [0.4, 0.5) is 20.6 Å². The number of hydrogen-bond donors (Lipinski definition) is 3. The average Bonchev–Trinajstić information content (AvgIpc) is 3.44. The van der Waals surface area contributed by atoms with E-state index in [1.165, 1.54) is 18.3 Å². The number of rotatable bonds is 10. The molecule has 4 aromatic rings. The lowest BCUT2D eigenvalue weighted by molar-refractivity contribution is -0.0989. The quantitative estimate of drug-likeness (QED) is 0.0847. The van der Waals surface area contributed by atoms with E-state index in [9.17, 15) is 28.8 Å². The minimum absolute atomic E-state index is 0.0874. The third-order valence-corrected chi connectivity index (χ3v) is 9.28. The van der Waals surface area contributed by atoms with Crippen molar-refractivity contribution in [3.8, 4) is 18.4 Å². The topological polar surface area (TPSA) is 189 Å². The van der Waals surface area contributed by atoms with Crippen LogP contribution in [0.2, 0.25) is 0 Å². The van der Waals surface area contributed by atoms with Crippen molar-refractivity contribution >= 4 is 36.2 Å². The smallest absolute Gasteiger partial charge is 0.421 e. The molecule has 3 aromatic heterocycles. The number of aromatic nitrogens is 5. The summed E-state index contributed by atoms with van der Waals surface area (Å²) < 4.78 is 37.2. The van der Waals surface area contributed by atoms with E-state index in [4.69, 9.17) is 11.2 Å². The number of carbonyl (C=O) groups excluding carboxylic acids is 1. The maximum Gasteiger partial charge on any atom is 0.472 e. The van der Waals surface area contributed by atoms with E-state index in [0.29, 0.717) is 40.2 Å². The Labute approximate surface area is 281 Å². The molecule has 3 N–H and O–H groups in total. The molecule has 254 valence electrons. The van der Waals surface area contributed by atoms with Crippen LogP contribution in [-0.4, -0.2) is 54.2 Å². The van der Waals surface area contributed by atoms with E-state index in [0.717, 1.165) is 30.2 Å². The Hall–Kier alpha value is -4.92. The van der Waals surface area contributed by atoms with Crippen molar-refractivity contribution in [3.63, 3.8) is 0 Å². The normalized spacial score (nSPS) is 18.8. The van der Waals surface area contributed by atoms with Gasteiger partial charge in [-0.3, -0.25) is 9.88 Å². The van der Waals surface area contributed by atoms with Crippen molar-refractivity contribution in [2.45, 2.75) is 58.5 Å². The zero-order valence-corrected chi connectivity index (χ0v) is 28.1. The molecule has 3 heterocycles. The lowest BCUT2D eigenvalue weighted by Gasteiger charge is -2.61.